The molecule has 0 bridgehead atoms. The fourth-order valence-electron chi connectivity index (χ4n) is 2.63. The minimum atomic E-state index is -0.914. The fraction of sp³-hybridized carbons (Fsp3) is 0.538. The van der Waals surface area contributed by atoms with Crippen molar-refractivity contribution in [1.29, 1.82) is 0 Å². The van der Waals surface area contributed by atoms with Crippen LogP contribution in [-0.2, 0) is 4.79 Å². The Balaban J connectivity index is 2.30. The van der Waals surface area contributed by atoms with Gasteiger partial charge in [0.2, 0.25) is 0 Å². The van der Waals surface area contributed by atoms with Gasteiger partial charge in [-0.05, 0) is 29.7 Å². The van der Waals surface area contributed by atoms with Crippen LogP contribution >= 0.6 is 11.3 Å². The smallest absolute Gasteiger partial charge is 0.326 e. The van der Waals surface area contributed by atoms with Gasteiger partial charge in [-0.25, -0.2) is 4.79 Å². The molecule has 1 aliphatic heterocycles. The Morgan fingerprint density at radius 3 is 2.78 bits per heavy atom. The number of hydrogen-bond acceptors (Lipinski definition) is 3. The summed E-state index contributed by atoms with van der Waals surface area (Å²) in [6, 6.07) is 1.01. The first-order valence-electron chi connectivity index (χ1n) is 5.99. The molecule has 1 aromatic heterocycles. The predicted octanol–water partition coefficient (Wildman–Crippen LogP) is 2.46. The average Bonchev–Trinajstić information content (AvgIpc) is 2.79. The van der Waals surface area contributed by atoms with Crippen molar-refractivity contribution in [3.63, 3.8) is 0 Å². The molecule has 0 spiro atoms. The zero-order valence-electron chi connectivity index (χ0n) is 10.5. The second-order valence-electron chi connectivity index (χ2n) is 5.34. The SMILES string of the molecule is CC1(C)CCCN(C(=O)c2ccsc2)C1C(=O)O. The Hall–Kier alpha value is -1.36. The standard InChI is InChI=1S/C13H17NO3S/c1-13(2)5-3-6-14(10(13)12(16)17)11(15)9-4-7-18-8-9/h4,7-8,10H,3,5-6H2,1-2H3,(H,16,17). The van der Waals surface area contributed by atoms with Crippen LogP contribution in [0, 0.1) is 5.41 Å². The van der Waals surface area contributed by atoms with Crippen LogP contribution in [0.5, 0.6) is 0 Å². The van der Waals surface area contributed by atoms with Crippen LogP contribution in [0.4, 0.5) is 0 Å². The van der Waals surface area contributed by atoms with E-state index in [9.17, 15) is 14.7 Å². The molecule has 1 saturated heterocycles. The minimum absolute atomic E-state index is 0.170. The molecule has 1 aromatic rings. The molecule has 0 radical (unpaired) electrons. The molecule has 1 N–H and O–H groups in total. The van der Waals surface area contributed by atoms with Gasteiger partial charge in [0.1, 0.15) is 6.04 Å². The van der Waals surface area contributed by atoms with E-state index in [4.69, 9.17) is 0 Å². The lowest BCUT2D eigenvalue weighted by molar-refractivity contribution is -0.148. The summed E-state index contributed by atoms with van der Waals surface area (Å²) in [7, 11) is 0. The van der Waals surface area contributed by atoms with E-state index in [1.807, 2.05) is 19.2 Å². The molecule has 4 nitrogen and oxygen atoms in total. The van der Waals surface area contributed by atoms with Crippen LogP contribution in [0.2, 0.25) is 0 Å². The van der Waals surface area contributed by atoms with Crippen molar-refractivity contribution < 1.29 is 14.7 Å². The van der Waals surface area contributed by atoms with Gasteiger partial charge in [0.15, 0.2) is 0 Å². The molecular weight excluding hydrogens is 250 g/mol. The molecule has 1 atom stereocenters. The number of aliphatic carboxylic acids is 1. The van der Waals surface area contributed by atoms with Crippen molar-refractivity contribution >= 4 is 23.2 Å². The Kier molecular flexibility index (Phi) is 3.43. The van der Waals surface area contributed by atoms with Gasteiger partial charge in [-0.3, -0.25) is 4.79 Å². The third-order valence-electron chi connectivity index (χ3n) is 3.53. The number of likely N-dealkylation sites (tertiary alicyclic amines) is 1. The number of carbonyl (C=O) groups excluding carboxylic acids is 1. The van der Waals surface area contributed by atoms with E-state index in [1.54, 1.807) is 11.4 Å². The van der Waals surface area contributed by atoms with E-state index in [0.29, 0.717) is 12.1 Å². The lowest BCUT2D eigenvalue weighted by Crippen LogP contribution is -2.56. The van der Waals surface area contributed by atoms with E-state index >= 15 is 0 Å². The lowest BCUT2D eigenvalue weighted by Gasteiger charge is -2.43. The Bertz CT molecular complexity index is 453. The average molecular weight is 267 g/mol. The summed E-state index contributed by atoms with van der Waals surface area (Å²) >= 11 is 1.45. The highest BCUT2D eigenvalue weighted by molar-refractivity contribution is 7.08. The van der Waals surface area contributed by atoms with Crippen molar-refractivity contribution in [2.45, 2.75) is 32.7 Å². The molecule has 1 fully saturated rings. The highest BCUT2D eigenvalue weighted by atomic mass is 32.1. The summed E-state index contributed by atoms with van der Waals surface area (Å²) in [5, 5.41) is 13.0. The number of piperidine rings is 1. The first-order valence-corrected chi connectivity index (χ1v) is 6.94. The number of nitrogens with zero attached hydrogens (tertiary/aromatic N) is 1. The fourth-order valence-corrected chi connectivity index (χ4v) is 3.26. The number of amides is 1. The van der Waals surface area contributed by atoms with Gasteiger partial charge in [0, 0.05) is 11.9 Å². The van der Waals surface area contributed by atoms with Crippen molar-refractivity contribution in [2.75, 3.05) is 6.54 Å². The van der Waals surface area contributed by atoms with E-state index < -0.39 is 12.0 Å². The third kappa shape index (κ3) is 2.27. The first kappa shape index (κ1) is 13.1. The van der Waals surface area contributed by atoms with Crippen molar-refractivity contribution in [3.8, 4) is 0 Å². The summed E-state index contributed by atoms with van der Waals surface area (Å²) in [4.78, 5) is 25.3. The maximum absolute atomic E-state index is 12.3. The summed E-state index contributed by atoms with van der Waals surface area (Å²) < 4.78 is 0. The zero-order valence-corrected chi connectivity index (χ0v) is 11.4. The van der Waals surface area contributed by atoms with E-state index in [1.165, 1.54) is 16.2 Å². The summed E-state index contributed by atoms with van der Waals surface area (Å²) in [5.41, 5.74) is 0.208. The number of carboxylic acid groups (broad SMARTS) is 1. The predicted molar refractivity (Wildman–Crippen MR) is 69.8 cm³/mol. The third-order valence-corrected chi connectivity index (χ3v) is 4.22. The zero-order chi connectivity index (χ0) is 13.3. The molecule has 98 valence electrons. The second kappa shape index (κ2) is 4.72. The van der Waals surface area contributed by atoms with Gasteiger partial charge in [0.05, 0.1) is 5.56 Å². The van der Waals surface area contributed by atoms with Crippen LogP contribution in [0.3, 0.4) is 0 Å². The van der Waals surface area contributed by atoms with Gasteiger partial charge >= 0.3 is 5.97 Å². The van der Waals surface area contributed by atoms with Gasteiger partial charge < -0.3 is 10.0 Å². The van der Waals surface area contributed by atoms with Gasteiger partial charge in [-0.2, -0.15) is 11.3 Å². The molecule has 2 rings (SSSR count). The molecule has 2 heterocycles. The van der Waals surface area contributed by atoms with Gasteiger partial charge in [-0.1, -0.05) is 13.8 Å². The van der Waals surface area contributed by atoms with Crippen LogP contribution in [-0.4, -0.2) is 34.5 Å². The number of rotatable bonds is 2. The van der Waals surface area contributed by atoms with Crippen molar-refractivity contribution in [3.05, 3.63) is 22.4 Å². The Morgan fingerprint density at radius 1 is 1.50 bits per heavy atom. The van der Waals surface area contributed by atoms with Crippen LogP contribution in [0.25, 0.3) is 0 Å². The summed E-state index contributed by atoms with van der Waals surface area (Å²) in [6.07, 6.45) is 1.68. The molecule has 0 aromatic carbocycles. The van der Waals surface area contributed by atoms with E-state index in [2.05, 4.69) is 0 Å². The topological polar surface area (TPSA) is 57.6 Å². The summed E-state index contributed by atoms with van der Waals surface area (Å²) in [6.45, 7) is 4.35. The highest BCUT2D eigenvalue weighted by Gasteiger charge is 2.44. The molecule has 18 heavy (non-hydrogen) atoms. The quantitative estimate of drug-likeness (QED) is 0.895. The Morgan fingerprint density at radius 2 is 2.22 bits per heavy atom. The molecule has 1 aliphatic rings. The lowest BCUT2D eigenvalue weighted by atomic mass is 9.76. The van der Waals surface area contributed by atoms with E-state index in [-0.39, 0.29) is 11.3 Å². The molecule has 1 amide bonds. The normalized spacial score (nSPS) is 22.8. The minimum Gasteiger partial charge on any atom is -0.480 e. The van der Waals surface area contributed by atoms with Gasteiger partial charge in [-0.15, -0.1) is 0 Å². The second-order valence-corrected chi connectivity index (χ2v) is 6.12. The first-order chi connectivity index (χ1) is 8.43. The maximum atomic E-state index is 12.3. The van der Waals surface area contributed by atoms with E-state index in [0.717, 1.165) is 12.8 Å². The molecule has 0 saturated carbocycles. The molecular formula is C13H17NO3S. The van der Waals surface area contributed by atoms with Crippen molar-refractivity contribution in [1.82, 2.24) is 4.90 Å². The molecule has 5 heteroatoms. The molecule has 0 aliphatic carbocycles. The summed E-state index contributed by atoms with van der Waals surface area (Å²) in [5.74, 6) is -1.08. The number of thiophene rings is 1. The number of carboxylic acids is 1. The van der Waals surface area contributed by atoms with Crippen LogP contribution < -0.4 is 0 Å². The monoisotopic (exact) mass is 267 g/mol. The molecule has 1 unspecified atom stereocenters. The largest absolute Gasteiger partial charge is 0.480 e. The van der Waals surface area contributed by atoms with Crippen LogP contribution in [0.15, 0.2) is 16.8 Å². The van der Waals surface area contributed by atoms with Crippen LogP contribution in [0.1, 0.15) is 37.0 Å². The van der Waals surface area contributed by atoms with Crippen molar-refractivity contribution in [2.24, 2.45) is 5.41 Å². The maximum Gasteiger partial charge on any atom is 0.326 e. The Labute approximate surface area is 110 Å². The number of hydrogen-bond donors (Lipinski definition) is 1. The highest BCUT2D eigenvalue weighted by Crippen LogP contribution is 2.36. The van der Waals surface area contributed by atoms with Gasteiger partial charge in [0.25, 0.3) is 5.91 Å². The number of carbonyl (C=O) groups is 2.